The van der Waals surface area contributed by atoms with Gasteiger partial charge in [-0.3, -0.25) is 0 Å². The van der Waals surface area contributed by atoms with Crippen molar-refractivity contribution in [3.05, 3.63) is 5.82 Å². The lowest BCUT2D eigenvalue weighted by atomic mass is 10.3. The molecule has 0 saturated heterocycles. The van der Waals surface area contributed by atoms with Crippen molar-refractivity contribution < 1.29 is 4.74 Å². The van der Waals surface area contributed by atoms with E-state index in [0.717, 1.165) is 12.4 Å². The largest absolute Gasteiger partial charge is 0.377 e. The summed E-state index contributed by atoms with van der Waals surface area (Å²) in [6, 6.07) is 0.161. The van der Waals surface area contributed by atoms with Crippen molar-refractivity contribution >= 4 is 0 Å². The molecule has 0 radical (unpaired) electrons. The Labute approximate surface area is 96.4 Å². The Morgan fingerprint density at radius 3 is 2.75 bits per heavy atom. The number of ether oxygens (including phenoxy) is 1. The maximum Gasteiger partial charge on any atom is 0.168 e. The van der Waals surface area contributed by atoms with Crippen molar-refractivity contribution in [1.82, 2.24) is 25.5 Å². The molecule has 0 aliphatic rings. The van der Waals surface area contributed by atoms with Gasteiger partial charge in [-0.25, -0.2) is 4.68 Å². The zero-order valence-corrected chi connectivity index (χ0v) is 10.5. The Hall–Kier alpha value is -1.01. The summed E-state index contributed by atoms with van der Waals surface area (Å²) in [6.45, 7) is 10.4. The van der Waals surface area contributed by atoms with E-state index in [1.54, 1.807) is 4.68 Å². The van der Waals surface area contributed by atoms with Gasteiger partial charge in [0.05, 0.1) is 18.7 Å². The minimum atomic E-state index is 0.126. The second kappa shape index (κ2) is 6.55. The molecule has 1 heterocycles. The fourth-order valence-corrected chi connectivity index (χ4v) is 1.63. The zero-order chi connectivity index (χ0) is 12.0. The minimum absolute atomic E-state index is 0.126. The first-order chi connectivity index (χ1) is 7.69. The van der Waals surface area contributed by atoms with Gasteiger partial charge in [0.2, 0.25) is 0 Å². The van der Waals surface area contributed by atoms with Crippen LogP contribution in [0.2, 0.25) is 0 Å². The maximum absolute atomic E-state index is 5.47. The SMILES string of the molecule is CCNC(C)c1nnnn1CC(C)OCC. The standard InChI is InChI=1S/C10H21N5O/c1-5-11-9(4)10-12-13-14-15(10)7-8(3)16-6-2/h8-9,11H,5-7H2,1-4H3. The molecular weight excluding hydrogens is 206 g/mol. The summed E-state index contributed by atoms with van der Waals surface area (Å²) in [7, 11) is 0. The summed E-state index contributed by atoms with van der Waals surface area (Å²) in [5.74, 6) is 0.855. The number of nitrogens with one attached hydrogen (secondary N) is 1. The lowest BCUT2D eigenvalue weighted by Gasteiger charge is -2.15. The Balaban J connectivity index is 2.62. The lowest BCUT2D eigenvalue weighted by molar-refractivity contribution is 0.0600. The van der Waals surface area contributed by atoms with Crippen molar-refractivity contribution in [2.45, 2.75) is 46.4 Å². The average molecular weight is 227 g/mol. The Bertz CT molecular complexity index is 301. The number of rotatable bonds is 7. The van der Waals surface area contributed by atoms with Crippen molar-refractivity contribution in [3.63, 3.8) is 0 Å². The van der Waals surface area contributed by atoms with Crippen LogP contribution in [0.4, 0.5) is 0 Å². The minimum Gasteiger partial charge on any atom is -0.377 e. The van der Waals surface area contributed by atoms with E-state index in [-0.39, 0.29) is 12.1 Å². The number of hydrogen-bond donors (Lipinski definition) is 1. The predicted molar refractivity (Wildman–Crippen MR) is 61.0 cm³/mol. The molecule has 0 aliphatic heterocycles. The van der Waals surface area contributed by atoms with E-state index in [4.69, 9.17) is 4.74 Å². The lowest BCUT2D eigenvalue weighted by Crippen LogP contribution is -2.25. The quantitative estimate of drug-likeness (QED) is 0.745. The molecule has 6 heteroatoms. The van der Waals surface area contributed by atoms with Gasteiger partial charge in [0.25, 0.3) is 0 Å². The first-order valence-electron chi connectivity index (χ1n) is 5.80. The molecule has 0 saturated carbocycles. The van der Waals surface area contributed by atoms with Crippen LogP contribution >= 0.6 is 0 Å². The first-order valence-corrected chi connectivity index (χ1v) is 5.80. The van der Waals surface area contributed by atoms with Crippen molar-refractivity contribution in [2.24, 2.45) is 0 Å². The number of hydrogen-bond acceptors (Lipinski definition) is 5. The fourth-order valence-electron chi connectivity index (χ4n) is 1.63. The van der Waals surface area contributed by atoms with Crippen LogP contribution in [0.3, 0.4) is 0 Å². The van der Waals surface area contributed by atoms with Crippen LogP contribution in [0.25, 0.3) is 0 Å². The van der Waals surface area contributed by atoms with Gasteiger partial charge in [0.15, 0.2) is 5.82 Å². The van der Waals surface area contributed by atoms with Crippen LogP contribution in [-0.2, 0) is 11.3 Å². The van der Waals surface area contributed by atoms with E-state index in [1.165, 1.54) is 0 Å². The van der Waals surface area contributed by atoms with Crippen molar-refractivity contribution in [1.29, 1.82) is 0 Å². The number of nitrogens with zero attached hydrogens (tertiary/aromatic N) is 4. The van der Waals surface area contributed by atoms with E-state index in [0.29, 0.717) is 13.2 Å². The van der Waals surface area contributed by atoms with Gasteiger partial charge in [0, 0.05) is 6.61 Å². The highest BCUT2D eigenvalue weighted by Crippen LogP contribution is 2.08. The summed E-state index contributed by atoms with van der Waals surface area (Å²) >= 11 is 0. The third kappa shape index (κ3) is 3.53. The molecule has 2 atom stereocenters. The summed E-state index contributed by atoms with van der Waals surface area (Å²) in [6.07, 6.45) is 0.126. The molecule has 1 rings (SSSR count). The van der Waals surface area contributed by atoms with Crippen LogP contribution in [0.15, 0.2) is 0 Å². The van der Waals surface area contributed by atoms with E-state index < -0.39 is 0 Å². The van der Waals surface area contributed by atoms with Crippen LogP contribution in [0.1, 0.15) is 39.6 Å². The average Bonchev–Trinajstić information content (AvgIpc) is 2.66. The molecule has 0 aromatic carbocycles. The van der Waals surface area contributed by atoms with Crippen LogP contribution < -0.4 is 5.32 Å². The molecule has 16 heavy (non-hydrogen) atoms. The Morgan fingerprint density at radius 1 is 1.38 bits per heavy atom. The highest BCUT2D eigenvalue weighted by Gasteiger charge is 2.15. The molecule has 2 unspecified atom stereocenters. The normalized spacial score (nSPS) is 15.0. The monoisotopic (exact) mass is 227 g/mol. The summed E-state index contributed by atoms with van der Waals surface area (Å²) in [5, 5.41) is 15.0. The molecule has 0 fully saturated rings. The molecule has 0 spiro atoms. The highest BCUT2D eigenvalue weighted by atomic mass is 16.5. The number of aromatic nitrogens is 4. The molecule has 0 bridgehead atoms. The molecule has 1 aromatic heterocycles. The molecule has 92 valence electrons. The zero-order valence-electron chi connectivity index (χ0n) is 10.5. The van der Waals surface area contributed by atoms with Gasteiger partial charge in [-0.1, -0.05) is 6.92 Å². The Morgan fingerprint density at radius 2 is 2.12 bits per heavy atom. The second-order valence-electron chi connectivity index (χ2n) is 3.76. The maximum atomic E-state index is 5.47. The van der Waals surface area contributed by atoms with Crippen molar-refractivity contribution in [3.8, 4) is 0 Å². The van der Waals surface area contributed by atoms with Crippen LogP contribution in [0, 0.1) is 0 Å². The van der Waals surface area contributed by atoms with Gasteiger partial charge >= 0.3 is 0 Å². The van der Waals surface area contributed by atoms with Gasteiger partial charge in [-0.2, -0.15) is 0 Å². The van der Waals surface area contributed by atoms with Gasteiger partial charge in [-0.15, -0.1) is 5.10 Å². The molecule has 6 nitrogen and oxygen atoms in total. The highest BCUT2D eigenvalue weighted by molar-refractivity contribution is 4.89. The summed E-state index contributed by atoms with van der Waals surface area (Å²) in [4.78, 5) is 0. The molecule has 0 aliphatic carbocycles. The second-order valence-corrected chi connectivity index (χ2v) is 3.76. The summed E-state index contributed by atoms with van der Waals surface area (Å²) in [5.41, 5.74) is 0. The number of tetrazole rings is 1. The third-order valence-electron chi connectivity index (χ3n) is 2.34. The van der Waals surface area contributed by atoms with E-state index in [1.807, 2.05) is 13.8 Å². The van der Waals surface area contributed by atoms with E-state index in [9.17, 15) is 0 Å². The van der Waals surface area contributed by atoms with Crippen molar-refractivity contribution in [2.75, 3.05) is 13.2 Å². The van der Waals surface area contributed by atoms with Gasteiger partial charge in [-0.05, 0) is 37.7 Å². The predicted octanol–water partition coefficient (Wildman–Crippen LogP) is 0.769. The van der Waals surface area contributed by atoms with Gasteiger partial charge < -0.3 is 10.1 Å². The molecule has 0 amide bonds. The fraction of sp³-hybridized carbons (Fsp3) is 0.900. The van der Waals surface area contributed by atoms with Crippen LogP contribution in [0.5, 0.6) is 0 Å². The molecule has 1 N–H and O–H groups in total. The molecular formula is C10H21N5O. The van der Waals surface area contributed by atoms with E-state index in [2.05, 4.69) is 34.7 Å². The first kappa shape index (κ1) is 13.1. The smallest absolute Gasteiger partial charge is 0.168 e. The van der Waals surface area contributed by atoms with Gasteiger partial charge in [0.1, 0.15) is 0 Å². The van der Waals surface area contributed by atoms with Crippen LogP contribution in [-0.4, -0.2) is 39.5 Å². The van der Waals surface area contributed by atoms with E-state index >= 15 is 0 Å². The topological polar surface area (TPSA) is 64.9 Å². The Kier molecular flexibility index (Phi) is 5.34. The molecule has 1 aromatic rings. The third-order valence-corrected chi connectivity index (χ3v) is 2.34. The summed E-state index contributed by atoms with van der Waals surface area (Å²) < 4.78 is 7.27.